The van der Waals surface area contributed by atoms with Gasteiger partial charge in [-0.3, -0.25) is 4.90 Å². The Kier molecular flexibility index (Phi) is 9.25. The van der Waals surface area contributed by atoms with Gasteiger partial charge in [-0.1, -0.05) is 67.5 Å². The predicted molar refractivity (Wildman–Crippen MR) is 158 cm³/mol. The maximum absolute atomic E-state index is 12.4. The number of methoxy groups -OCH3 is 1. The van der Waals surface area contributed by atoms with Crippen LogP contribution in [-0.4, -0.2) is 78.0 Å². The summed E-state index contributed by atoms with van der Waals surface area (Å²) in [4.78, 5) is 2.24. The van der Waals surface area contributed by atoms with Crippen LogP contribution >= 0.6 is 0 Å². The zero-order chi connectivity index (χ0) is 28.4. The lowest BCUT2D eigenvalue weighted by atomic mass is 9.50. The van der Waals surface area contributed by atoms with Crippen molar-refractivity contribution in [1.29, 1.82) is 0 Å². The normalized spacial score (nSPS) is 35.9. The molecule has 0 radical (unpaired) electrons. The Morgan fingerprint density at radius 3 is 2.58 bits per heavy atom. The molecule has 7 atom stereocenters. The van der Waals surface area contributed by atoms with Gasteiger partial charge in [0.1, 0.15) is 0 Å². The van der Waals surface area contributed by atoms with Crippen LogP contribution in [0, 0.1) is 22.7 Å². The first-order valence-electron chi connectivity index (χ1n) is 15.5. The first-order valence-corrected chi connectivity index (χ1v) is 15.5. The van der Waals surface area contributed by atoms with Crippen LogP contribution in [0.2, 0.25) is 0 Å². The number of allylic oxidation sites excluding steroid dienone is 3. The molecule has 0 amide bonds. The van der Waals surface area contributed by atoms with Crippen molar-refractivity contribution < 1.29 is 24.8 Å². The van der Waals surface area contributed by atoms with E-state index in [-0.39, 0.29) is 23.5 Å². The summed E-state index contributed by atoms with van der Waals surface area (Å²) in [7, 11) is 1.72. The molecule has 3 N–H and O–H groups in total. The minimum Gasteiger partial charge on any atom is -0.393 e. The fourth-order valence-electron chi connectivity index (χ4n) is 8.63. The molecule has 1 aromatic carbocycles. The highest BCUT2D eigenvalue weighted by Gasteiger charge is 2.62. The number of benzene rings is 1. The van der Waals surface area contributed by atoms with E-state index < -0.39 is 11.7 Å². The van der Waals surface area contributed by atoms with Crippen molar-refractivity contribution in [2.45, 2.75) is 89.6 Å². The van der Waals surface area contributed by atoms with Crippen LogP contribution in [0.15, 0.2) is 53.6 Å². The van der Waals surface area contributed by atoms with E-state index in [2.05, 4.69) is 30.9 Å². The Morgan fingerprint density at radius 2 is 1.80 bits per heavy atom. The smallest absolute Gasteiger partial charge is 0.0900 e. The Bertz CT molecular complexity index is 1060. The molecule has 0 spiro atoms. The van der Waals surface area contributed by atoms with Crippen molar-refractivity contribution in [3.63, 3.8) is 0 Å². The first kappa shape index (κ1) is 29.9. The SMILES string of the molecule is COCCCN(C[C@@H](O)COCc1ccccc1)C[C@]1(O)CC[C@H]2C3=CC=C4C[C@@H](O)CC[C@]4(C)[C@H]3CC[C@@]21C. The summed E-state index contributed by atoms with van der Waals surface area (Å²) in [6, 6.07) is 10.0. The van der Waals surface area contributed by atoms with Crippen LogP contribution in [0.5, 0.6) is 0 Å². The molecule has 0 bridgehead atoms. The predicted octanol–water partition coefficient (Wildman–Crippen LogP) is 4.88. The summed E-state index contributed by atoms with van der Waals surface area (Å²) in [6.07, 6.45) is 11.3. The zero-order valence-corrected chi connectivity index (χ0v) is 24.9. The number of aliphatic hydroxyl groups is 3. The fourth-order valence-corrected chi connectivity index (χ4v) is 8.63. The van der Waals surface area contributed by atoms with Crippen LogP contribution in [0.4, 0.5) is 0 Å². The minimum atomic E-state index is -0.811. The minimum absolute atomic E-state index is 0.140. The number of aliphatic hydroxyl groups excluding tert-OH is 2. The third kappa shape index (κ3) is 5.86. The Labute approximate surface area is 241 Å². The Balaban J connectivity index is 1.27. The number of ether oxygens (including phenoxy) is 2. The molecule has 6 heteroatoms. The average Bonchev–Trinajstić information content (AvgIpc) is 3.20. The summed E-state index contributed by atoms with van der Waals surface area (Å²) in [5, 5.41) is 33.6. The van der Waals surface area contributed by atoms with Crippen molar-refractivity contribution in [2.75, 3.05) is 40.0 Å². The molecule has 3 fully saturated rings. The van der Waals surface area contributed by atoms with E-state index in [1.807, 2.05) is 30.3 Å². The van der Waals surface area contributed by atoms with Crippen molar-refractivity contribution in [3.8, 4) is 0 Å². The summed E-state index contributed by atoms with van der Waals surface area (Å²) in [5.74, 6) is 0.888. The average molecular weight is 554 g/mol. The molecule has 0 aromatic heterocycles. The van der Waals surface area contributed by atoms with Gasteiger partial charge in [0.15, 0.2) is 0 Å². The molecular weight excluding hydrogens is 502 g/mol. The van der Waals surface area contributed by atoms with Crippen molar-refractivity contribution in [3.05, 3.63) is 59.2 Å². The molecule has 0 aliphatic heterocycles. The van der Waals surface area contributed by atoms with Gasteiger partial charge in [-0.25, -0.2) is 0 Å². The topological polar surface area (TPSA) is 82.4 Å². The maximum Gasteiger partial charge on any atom is 0.0900 e. The zero-order valence-electron chi connectivity index (χ0n) is 24.9. The van der Waals surface area contributed by atoms with Gasteiger partial charge < -0.3 is 24.8 Å². The fraction of sp³-hybridized carbons (Fsp3) is 0.706. The van der Waals surface area contributed by atoms with Gasteiger partial charge in [0, 0.05) is 38.8 Å². The molecule has 40 heavy (non-hydrogen) atoms. The van der Waals surface area contributed by atoms with Gasteiger partial charge in [0.2, 0.25) is 0 Å². The summed E-state index contributed by atoms with van der Waals surface area (Å²) in [5.41, 5.74) is 3.19. The summed E-state index contributed by atoms with van der Waals surface area (Å²) < 4.78 is 11.2. The molecule has 4 aliphatic carbocycles. The second-order valence-electron chi connectivity index (χ2n) is 13.5. The van der Waals surface area contributed by atoms with E-state index in [4.69, 9.17) is 9.47 Å². The van der Waals surface area contributed by atoms with E-state index >= 15 is 0 Å². The van der Waals surface area contributed by atoms with E-state index in [1.165, 1.54) is 11.1 Å². The van der Waals surface area contributed by atoms with E-state index in [0.717, 1.165) is 63.5 Å². The van der Waals surface area contributed by atoms with Crippen LogP contribution in [0.25, 0.3) is 0 Å². The maximum atomic E-state index is 12.4. The van der Waals surface area contributed by atoms with Crippen molar-refractivity contribution in [1.82, 2.24) is 4.90 Å². The molecule has 1 aromatic rings. The quantitative estimate of drug-likeness (QED) is 0.320. The monoisotopic (exact) mass is 553 g/mol. The van der Waals surface area contributed by atoms with Crippen LogP contribution in [-0.2, 0) is 16.1 Å². The van der Waals surface area contributed by atoms with E-state index in [9.17, 15) is 15.3 Å². The lowest BCUT2D eigenvalue weighted by Gasteiger charge is -2.56. The van der Waals surface area contributed by atoms with Gasteiger partial charge >= 0.3 is 0 Å². The van der Waals surface area contributed by atoms with Crippen molar-refractivity contribution >= 4 is 0 Å². The standard InChI is InChI=1S/C34H51NO5/c1-32-15-12-27(36)20-26(32)10-11-29-30(32)13-16-33(2)31(29)14-17-34(33,38)24-35(18-7-19-39-3)21-28(37)23-40-22-25-8-5-4-6-9-25/h4-6,8-11,27-28,30-31,36-38H,7,12-24H2,1-3H3/t27-,28+,30-,31-,32-,33-,34+/m0/s1. The largest absolute Gasteiger partial charge is 0.393 e. The van der Waals surface area contributed by atoms with E-state index in [0.29, 0.717) is 38.1 Å². The second-order valence-corrected chi connectivity index (χ2v) is 13.5. The van der Waals surface area contributed by atoms with Gasteiger partial charge in [-0.2, -0.15) is 0 Å². The Hall–Kier alpha value is -1.54. The van der Waals surface area contributed by atoms with Gasteiger partial charge in [-0.15, -0.1) is 0 Å². The van der Waals surface area contributed by atoms with Crippen molar-refractivity contribution in [2.24, 2.45) is 22.7 Å². The van der Waals surface area contributed by atoms with Gasteiger partial charge in [0.05, 0.1) is 31.0 Å². The first-order chi connectivity index (χ1) is 19.2. The second kappa shape index (κ2) is 12.4. The lowest BCUT2D eigenvalue weighted by molar-refractivity contribution is -0.107. The summed E-state index contributed by atoms with van der Waals surface area (Å²) >= 11 is 0. The molecule has 5 rings (SSSR count). The highest BCUT2D eigenvalue weighted by Crippen LogP contribution is 2.66. The highest BCUT2D eigenvalue weighted by molar-refractivity contribution is 5.39. The molecule has 0 heterocycles. The molecule has 222 valence electrons. The molecule has 0 saturated heterocycles. The van der Waals surface area contributed by atoms with E-state index in [1.54, 1.807) is 7.11 Å². The molecule has 0 unspecified atom stereocenters. The number of hydrogen-bond acceptors (Lipinski definition) is 6. The number of fused-ring (bicyclic) bond motifs is 5. The number of nitrogens with zero attached hydrogens (tertiary/aromatic N) is 1. The molecule has 6 nitrogen and oxygen atoms in total. The number of hydrogen-bond donors (Lipinski definition) is 3. The molecule has 3 saturated carbocycles. The van der Waals surface area contributed by atoms with Gasteiger partial charge in [-0.05, 0) is 74.2 Å². The molecule has 4 aliphatic rings. The number of rotatable bonds is 12. The highest BCUT2D eigenvalue weighted by atomic mass is 16.5. The van der Waals surface area contributed by atoms with Gasteiger partial charge in [0.25, 0.3) is 0 Å². The summed E-state index contributed by atoms with van der Waals surface area (Å²) in [6.45, 7) is 7.95. The third-order valence-corrected chi connectivity index (χ3v) is 11.1. The third-order valence-electron chi connectivity index (χ3n) is 11.1. The Morgan fingerprint density at radius 1 is 1.02 bits per heavy atom. The van der Waals surface area contributed by atoms with Crippen LogP contribution < -0.4 is 0 Å². The van der Waals surface area contributed by atoms with Crippen LogP contribution in [0.3, 0.4) is 0 Å². The lowest BCUT2D eigenvalue weighted by Crippen LogP contribution is -2.56. The molecular formula is C34H51NO5. The van der Waals surface area contributed by atoms with Crippen LogP contribution in [0.1, 0.15) is 70.8 Å².